The molecule has 5 heteroatoms. The van der Waals surface area contributed by atoms with Gasteiger partial charge >= 0.3 is 0 Å². The molecular formula is C14H13BrN2O2. The van der Waals surface area contributed by atoms with Gasteiger partial charge in [-0.15, -0.1) is 0 Å². The van der Waals surface area contributed by atoms with E-state index < -0.39 is 0 Å². The maximum atomic E-state index is 11.8. The zero-order valence-corrected chi connectivity index (χ0v) is 11.8. The van der Waals surface area contributed by atoms with Crippen LogP contribution in [0.15, 0.2) is 47.1 Å². The summed E-state index contributed by atoms with van der Waals surface area (Å²) in [6.45, 7) is 0.483. The van der Waals surface area contributed by atoms with E-state index in [9.17, 15) is 9.59 Å². The van der Waals surface area contributed by atoms with E-state index >= 15 is 0 Å². The Morgan fingerprint density at radius 1 is 1.26 bits per heavy atom. The van der Waals surface area contributed by atoms with Crippen molar-refractivity contribution in [2.75, 3.05) is 5.32 Å². The molecule has 0 aliphatic carbocycles. The molecule has 4 nitrogen and oxygen atoms in total. The van der Waals surface area contributed by atoms with E-state index in [-0.39, 0.29) is 5.91 Å². The molecule has 2 rings (SSSR count). The Bertz CT molecular complexity index is 593. The molecule has 0 spiro atoms. The van der Waals surface area contributed by atoms with Crippen LogP contribution in [0.5, 0.6) is 0 Å². The van der Waals surface area contributed by atoms with Gasteiger partial charge in [-0.2, -0.15) is 0 Å². The molecule has 0 bridgehead atoms. The van der Waals surface area contributed by atoms with Gasteiger partial charge in [0.1, 0.15) is 0 Å². The van der Waals surface area contributed by atoms with E-state index in [1.807, 2.05) is 24.3 Å². The highest BCUT2D eigenvalue weighted by atomic mass is 79.9. The maximum absolute atomic E-state index is 11.8. The number of benzene rings is 1. The highest BCUT2D eigenvalue weighted by Gasteiger charge is 2.06. The zero-order valence-electron chi connectivity index (χ0n) is 10.2. The lowest BCUT2D eigenvalue weighted by atomic mass is 10.3. The smallest absolute Gasteiger partial charge is 0.226 e. The topological polar surface area (TPSA) is 51.1 Å². The van der Waals surface area contributed by atoms with Crippen LogP contribution in [0.1, 0.15) is 16.9 Å². The molecule has 1 N–H and O–H groups in total. The SMILES string of the molecule is O=Cc1cccn1CCC(=O)Nc1ccccc1Br. The molecule has 0 saturated heterocycles. The Labute approximate surface area is 119 Å². The van der Waals surface area contributed by atoms with E-state index in [4.69, 9.17) is 0 Å². The third kappa shape index (κ3) is 3.54. The second-order valence-electron chi connectivity index (χ2n) is 4.02. The van der Waals surface area contributed by atoms with Crippen molar-refractivity contribution in [2.24, 2.45) is 0 Å². The van der Waals surface area contributed by atoms with E-state index in [1.54, 1.807) is 22.9 Å². The number of hydrogen-bond acceptors (Lipinski definition) is 2. The Morgan fingerprint density at radius 3 is 2.79 bits per heavy atom. The Balaban J connectivity index is 1.92. The summed E-state index contributed by atoms with van der Waals surface area (Å²) < 4.78 is 2.60. The van der Waals surface area contributed by atoms with Gasteiger partial charge in [0.15, 0.2) is 6.29 Å². The molecule has 0 fully saturated rings. The molecule has 2 aromatic rings. The number of aldehydes is 1. The number of rotatable bonds is 5. The predicted molar refractivity (Wildman–Crippen MR) is 77.2 cm³/mol. The Hall–Kier alpha value is -1.88. The zero-order chi connectivity index (χ0) is 13.7. The minimum Gasteiger partial charge on any atom is -0.345 e. The van der Waals surface area contributed by atoms with Crippen LogP contribution in [0.2, 0.25) is 0 Å². The molecule has 98 valence electrons. The van der Waals surface area contributed by atoms with Gasteiger partial charge < -0.3 is 9.88 Å². The van der Waals surface area contributed by atoms with Gasteiger partial charge in [-0.05, 0) is 40.2 Å². The van der Waals surface area contributed by atoms with Crippen molar-refractivity contribution in [3.05, 3.63) is 52.8 Å². The summed E-state index contributed by atoms with van der Waals surface area (Å²) in [7, 11) is 0. The average Bonchev–Trinajstić information content (AvgIpc) is 2.86. The molecule has 1 amide bonds. The number of nitrogens with one attached hydrogen (secondary N) is 1. The van der Waals surface area contributed by atoms with Crippen LogP contribution in [0.25, 0.3) is 0 Å². The molecule has 1 aromatic carbocycles. The molecular weight excluding hydrogens is 308 g/mol. The second kappa shape index (κ2) is 6.33. The monoisotopic (exact) mass is 320 g/mol. The van der Waals surface area contributed by atoms with Crippen LogP contribution < -0.4 is 5.32 Å². The number of amides is 1. The fraction of sp³-hybridized carbons (Fsp3) is 0.143. The summed E-state index contributed by atoms with van der Waals surface area (Å²) in [6.07, 6.45) is 2.89. The highest BCUT2D eigenvalue weighted by Crippen LogP contribution is 2.21. The van der Waals surface area contributed by atoms with Gasteiger partial charge in [-0.1, -0.05) is 12.1 Å². The van der Waals surface area contributed by atoms with Crippen molar-refractivity contribution in [1.29, 1.82) is 0 Å². The molecule has 0 aliphatic heterocycles. The molecule has 0 saturated carbocycles. The van der Waals surface area contributed by atoms with Crippen LogP contribution in [0.3, 0.4) is 0 Å². The van der Waals surface area contributed by atoms with E-state index in [2.05, 4.69) is 21.2 Å². The first-order valence-electron chi connectivity index (χ1n) is 5.85. The minimum atomic E-state index is -0.0857. The number of nitrogens with zero attached hydrogens (tertiary/aromatic N) is 1. The van der Waals surface area contributed by atoms with Gasteiger partial charge in [0.2, 0.25) is 5.91 Å². The second-order valence-corrected chi connectivity index (χ2v) is 4.88. The van der Waals surface area contributed by atoms with E-state index in [0.29, 0.717) is 18.7 Å². The number of carbonyl (C=O) groups is 2. The van der Waals surface area contributed by atoms with E-state index in [0.717, 1.165) is 16.4 Å². The van der Waals surface area contributed by atoms with Crippen molar-refractivity contribution in [3.8, 4) is 0 Å². The van der Waals surface area contributed by atoms with Crippen molar-refractivity contribution in [3.63, 3.8) is 0 Å². The summed E-state index contributed by atoms with van der Waals surface area (Å²) in [4.78, 5) is 22.6. The lowest BCUT2D eigenvalue weighted by Gasteiger charge is -2.08. The quantitative estimate of drug-likeness (QED) is 0.861. The molecule has 1 aromatic heterocycles. The molecule has 0 aliphatic rings. The van der Waals surface area contributed by atoms with Crippen LogP contribution in [0, 0.1) is 0 Å². The van der Waals surface area contributed by atoms with Crippen molar-refractivity contribution in [2.45, 2.75) is 13.0 Å². The first kappa shape index (κ1) is 13.5. The Morgan fingerprint density at radius 2 is 2.05 bits per heavy atom. The van der Waals surface area contributed by atoms with Gasteiger partial charge in [0.25, 0.3) is 0 Å². The van der Waals surface area contributed by atoms with Crippen molar-refractivity contribution < 1.29 is 9.59 Å². The summed E-state index contributed by atoms with van der Waals surface area (Å²) in [6, 6.07) is 10.9. The number of carbonyl (C=O) groups excluding carboxylic acids is 2. The molecule has 0 radical (unpaired) electrons. The van der Waals surface area contributed by atoms with Crippen LogP contribution in [-0.4, -0.2) is 16.8 Å². The number of halogens is 1. The first-order valence-corrected chi connectivity index (χ1v) is 6.64. The summed E-state index contributed by atoms with van der Waals surface area (Å²) in [5, 5.41) is 2.82. The average molecular weight is 321 g/mol. The third-order valence-electron chi connectivity index (χ3n) is 2.71. The summed E-state index contributed by atoms with van der Waals surface area (Å²) in [5.74, 6) is -0.0857. The lowest BCUT2D eigenvalue weighted by molar-refractivity contribution is -0.116. The van der Waals surface area contributed by atoms with Gasteiger partial charge in [0.05, 0.1) is 11.4 Å². The van der Waals surface area contributed by atoms with Crippen LogP contribution >= 0.6 is 15.9 Å². The van der Waals surface area contributed by atoms with Crippen LogP contribution in [0.4, 0.5) is 5.69 Å². The lowest BCUT2D eigenvalue weighted by Crippen LogP contribution is -2.15. The molecule has 0 unspecified atom stereocenters. The number of anilines is 1. The van der Waals surface area contributed by atoms with Gasteiger partial charge in [0, 0.05) is 23.6 Å². The fourth-order valence-corrected chi connectivity index (χ4v) is 2.12. The number of hydrogen-bond donors (Lipinski definition) is 1. The molecule has 19 heavy (non-hydrogen) atoms. The largest absolute Gasteiger partial charge is 0.345 e. The van der Waals surface area contributed by atoms with Crippen LogP contribution in [-0.2, 0) is 11.3 Å². The first-order chi connectivity index (χ1) is 9.20. The van der Waals surface area contributed by atoms with Crippen molar-refractivity contribution >= 4 is 33.8 Å². The maximum Gasteiger partial charge on any atom is 0.226 e. The fourth-order valence-electron chi connectivity index (χ4n) is 1.74. The van der Waals surface area contributed by atoms with Crippen molar-refractivity contribution in [1.82, 2.24) is 4.57 Å². The van der Waals surface area contributed by atoms with Gasteiger partial charge in [-0.25, -0.2) is 0 Å². The normalized spacial score (nSPS) is 10.2. The minimum absolute atomic E-state index is 0.0857. The van der Waals surface area contributed by atoms with E-state index in [1.165, 1.54) is 0 Å². The van der Waals surface area contributed by atoms with Gasteiger partial charge in [-0.3, -0.25) is 9.59 Å². The Kier molecular flexibility index (Phi) is 4.52. The number of aromatic nitrogens is 1. The predicted octanol–water partition coefficient (Wildman–Crippen LogP) is 3.09. The third-order valence-corrected chi connectivity index (χ3v) is 3.40. The standard InChI is InChI=1S/C14H13BrN2O2/c15-12-5-1-2-6-13(12)16-14(19)7-9-17-8-3-4-11(17)10-18/h1-6,8,10H,7,9H2,(H,16,19). The summed E-state index contributed by atoms with van der Waals surface area (Å²) in [5.41, 5.74) is 1.32. The number of aryl methyl sites for hydroxylation is 1. The number of para-hydroxylation sites is 1. The molecule has 1 heterocycles. The highest BCUT2D eigenvalue weighted by molar-refractivity contribution is 9.10. The molecule has 0 atom stereocenters. The summed E-state index contributed by atoms with van der Waals surface area (Å²) >= 11 is 3.37.